The highest BCUT2D eigenvalue weighted by Crippen LogP contribution is 2.50. The van der Waals surface area contributed by atoms with Crippen molar-refractivity contribution in [3.05, 3.63) is 150 Å². The van der Waals surface area contributed by atoms with Gasteiger partial charge < -0.3 is 10.3 Å². The third-order valence-electron chi connectivity index (χ3n) is 8.14. The summed E-state index contributed by atoms with van der Waals surface area (Å²) < 4.78 is 0. The van der Waals surface area contributed by atoms with Gasteiger partial charge in [0.2, 0.25) is 0 Å². The van der Waals surface area contributed by atoms with Crippen molar-refractivity contribution in [3.8, 4) is 11.3 Å². The molecule has 8 rings (SSSR count). The van der Waals surface area contributed by atoms with Crippen molar-refractivity contribution in [3.63, 3.8) is 0 Å². The van der Waals surface area contributed by atoms with E-state index < -0.39 is 5.54 Å². The van der Waals surface area contributed by atoms with Crippen LogP contribution in [0.25, 0.3) is 43.7 Å². The number of hydrogen-bond acceptors (Lipinski definition) is 2. The van der Waals surface area contributed by atoms with E-state index in [0.29, 0.717) is 5.56 Å². The predicted molar refractivity (Wildman–Crippen MR) is 160 cm³/mol. The third-order valence-corrected chi connectivity index (χ3v) is 8.14. The van der Waals surface area contributed by atoms with E-state index >= 15 is 0 Å². The van der Waals surface area contributed by atoms with Crippen molar-refractivity contribution in [2.24, 2.45) is 0 Å². The van der Waals surface area contributed by atoms with Crippen molar-refractivity contribution >= 4 is 43.9 Å². The van der Waals surface area contributed by atoms with Gasteiger partial charge >= 0.3 is 0 Å². The first kappa shape index (κ1) is 21.9. The predicted octanol–water partition coefficient (Wildman–Crippen LogP) is 8.69. The second-order valence-electron chi connectivity index (χ2n) is 10.3. The second-order valence-corrected chi connectivity index (χ2v) is 10.3. The Hall–Kier alpha value is -5.15. The van der Waals surface area contributed by atoms with E-state index in [-0.39, 0.29) is 5.78 Å². The Kier molecular flexibility index (Phi) is 4.59. The lowest BCUT2D eigenvalue weighted by Gasteiger charge is -2.31. The molecule has 0 bridgehead atoms. The molecule has 2 heterocycles. The number of aromatic nitrogens is 1. The maximum absolute atomic E-state index is 14.7. The number of H-pyrrole nitrogens is 1. The summed E-state index contributed by atoms with van der Waals surface area (Å²) in [6, 6.07) is 45.7. The zero-order chi connectivity index (χ0) is 26.0. The van der Waals surface area contributed by atoms with Crippen LogP contribution in [0.2, 0.25) is 0 Å². The van der Waals surface area contributed by atoms with E-state index in [1.54, 1.807) is 0 Å². The molecule has 7 aromatic rings. The van der Waals surface area contributed by atoms with Crippen LogP contribution < -0.4 is 5.32 Å². The van der Waals surface area contributed by atoms with E-state index in [1.165, 1.54) is 5.39 Å². The fraction of sp³-hybridized carbons (Fsp3) is 0.0278. The summed E-state index contributed by atoms with van der Waals surface area (Å²) in [7, 11) is 0. The minimum atomic E-state index is -1.10. The van der Waals surface area contributed by atoms with Crippen molar-refractivity contribution in [1.29, 1.82) is 0 Å². The Bertz CT molecular complexity index is 2090. The highest BCUT2D eigenvalue weighted by atomic mass is 16.1. The van der Waals surface area contributed by atoms with Crippen LogP contribution in [0.15, 0.2) is 133 Å². The lowest BCUT2D eigenvalue weighted by Crippen LogP contribution is -2.40. The van der Waals surface area contributed by atoms with Gasteiger partial charge in [-0.15, -0.1) is 0 Å². The number of carbonyl (C=O) groups excluding carboxylic acids is 1. The number of hydrogen-bond donors (Lipinski definition) is 2. The number of carbonyl (C=O) groups is 1. The molecular weight excluding hydrogens is 476 g/mol. The largest absolute Gasteiger partial charge is 0.365 e. The quantitative estimate of drug-likeness (QED) is 0.255. The summed E-state index contributed by atoms with van der Waals surface area (Å²) >= 11 is 0. The van der Waals surface area contributed by atoms with Gasteiger partial charge in [0.25, 0.3) is 0 Å². The van der Waals surface area contributed by atoms with Gasteiger partial charge in [0, 0.05) is 27.7 Å². The van der Waals surface area contributed by atoms with Crippen LogP contribution in [0.5, 0.6) is 0 Å². The number of fused-ring (bicyclic) bond motifs is 4. The molecule has 0 saturated carbocycles. The molecule has 3 heteroatoms. The molecule has 39 heavy (non-hydrogen) atoms. The van der Waals surface area contributed by atoms with Crippen LogP contribution in [-0.4, -0.2) is 10.8 Å². The molecule has 0 aliphatic carbocycles. The van der Waals surface area contributed by atoms with Crippen LogP contribution in [0.3, 0.4) is 0 Å². The SMILES string of the molecule is O=C1c2ccccc2NC1(c1ccc2ccccc2c1)c1c(-c2ccc3ccccc3c2)[nH]c2ccccc12. The Morgan fingerprint density at radius 3 is 2.00 bits per heavy atom. The molecule has 0 amide bonds. The third kappa shape index (κ3) is 3.14. The van der Waals surface area contributed by atoms with Crippen LogP contribution in [-0.2, 0) is 5.54 Å². The van der Waals surface area contributed by atoms with Crippen molar-refractivity contribution in [1.82, 2.24) is 4.98 Å². The fourth-order valence-corrected chi connectivity index (χ4v) is 6.29. The Morgan fingerprint density at radius 2 is 1.21 bits per heavy atom. The summed E-state index contributed by atoms with van der Waals surface area (Å²) in [5.74, 6) is 0.0557. The second kappa shape index (κ2) is 8.17. The molecule has 1 atom stereocenters. The van der Waals surface area contributed by atoms with Crippen molar-refractivity contribution in [2.75, 3.05) is 5.32 Å². The van der Waals surface area contributed by atoms with Crippen LogP contribution in [0.4, 0.5) is 5.69 Å². The molecule has 0 saturated heterocycles. The van der Waals surface area contributed by atoms with Crippen molar-refractivity contribution < 1.29 is 4.79 Å². The van der Waals surface area contributed by atoms with Gasteiger partial charge in [-0.2, -0.15) is 0 Å². The van der Waals surface area contributed by atoms with Gasteiger partial charge in [-0.25, -0.2) is 0 Å². The maximum Gasteiger partial charge on any atom is 0.199 e. The van der Waals surface area contributed by atoms with Crippen molar-refractivity contribution in [2.45, 2.75) is 5.54 Å². The van der Waals surface area contributed by atoms with E-state index in [4.69, 9.17) is 0 Å². The minimum Gasteiger partial charge on any atom is -0.365 e. The Balaban J connectivity index is 1.48. The fourth-order valence-electron chi connectivity index (χ4n) is 6.29. The number of aromatic amines is 1. The lowest BCUT2D eigenvalue weighted by atomic mass is 9.76. The average molecular weight is 501 g/mol. The van der Waals surface area contributed by atoms with E-state index in [2.05, 4.69) is 95.2 Å². The number of rotatable bonds is 3. The van der Waals surface area contributed by atoms with Gasteiger partial charge in [0.05, 0.1) is 5.69 Å². The summed E-state index contributed by atoms with van der Waals surface area (Å²) in [4.78, 5) is 18.4. The van der Waals surface area contributed by atoms with Gasteiger partial charge in [-0.1, -0.05) is 103 Å². The average Bonchev–Trinajstić information content (AvgIpc) is 3.53. The summed E-state index contributed by atoms with van der Waals surface area (Å²) in [6.07, 6.45) is 0. The molecule has 184 valence electrons. The van der Waals surface area contributed by atoms with Gasteiger partial charge in [0.15, 0.2) is 11.3 Å². The highest BCUT2D eigenvalue weighted by molar-refractivity contribution is 6.19. The minimum absolute atomic E-state index is 0.0557. The molecule has 1 aliphatic heterocycles. The smallest absolute Gasteiger partial charge is 0.199 e. The normalized spacial score (nSPS) is 16.6. The summed E-state index contributed by atoms with van der Waals surface area (Å²) in [5, 5.41) is 9.38. The number of benzene rings is 6. The standard InChI is InChI=1S/C36H24N2O/c39-35-30-14-6-8-16-32(30)38-36(35,28-20-19-24-10-2-4-12-26(24)22-28)33-29-13-5-7-15-31(29)37-34(33)27-18-17-23-9-1-3-11-25(23)21-27/h1-22,37-38H. The summed E-state index contributed by atoms with van der Waals surface area (Å²) in [5.41, 5.74) is 5.33. The highest BCUT2D eigenvalue weighted by Gasteiger charge is 2.51. The molecule has 0 spiro atoms. The monoisotopic (exact) mass is 500 g/mol. The van der Waals surface area contributed by atoms with E-state index in [9.17, 15) is 4.79 Å². The molecule has 6 aromatic carbocycles. The number of nitrogens with one attached hydrogen (secondary N) is 2. The number of ketones is 1. The van der Waals surface area contributed by atoms with Gasteiger partial charge in [-0.3, -0.25) is 4.79 Å². The first-order chi connectivity index (χ1) is 19.2. The summed E-state index contributed by atoms with van der Waals surface area (Å²) in [6.45, 7) is 0. The topological polar surface area (TPSA) is 44.9 Å². The van der Waals surface area contributed by atoms with Crippen LogP contribution in [0.1, 0.15) is 21.5 Å². The number of anilines is 1. The molecule has 1 aliphatic rings. The zero-order valence-electron chi connectivity index (χ0n) is 21.1. The van der Waals surface area contributed by atoms with Gasteiger partial charge in [0.1, 0.15) is 0 Å². The van der Waals surface area contributed by atoms with E-state index in [0.717, 1.165) is 55.1 Å². The Labute approximate surface area is 225 Å². The van der Waals surface area contributed by atoms with Gasteiger partial charge in [-0.05, 0) is 63.0 Å². The number of Topliss-reactive ketones (excluding diaryl/α,β-unsaturated/α-hetero) is 1. The maximum atomic E-state index is 14.7. The molecule has 2 N–H and O–H groups in total. The van der Waals surface area contributed by atoms with E-state index in [1.807, 2.05) is 48.5 Å². The lowest BCUT2D eigenvalue weighted by molar-refractivity contribution is 0.0942. The molecule has 1 unspecified atom stereocenters. The molecular formula is C36H24N2O. The van der Waals surface area contributed by atoms with Crippen LogP contribution in [0, 0.1) is 0 Å². The van der Waals surface area contributed by atoms with Crippen LogP contribution >= 0.6 is 0 Å². The first-order valence-electron chi connectivity index (χ1n) is 13.2. The zero-order valence-corrected chi connectivity index (χ0v) is 21.1. The first-order valence-corrected chi connectivity index (χ1v) is 13.2. The molecule has 0 fully saturated rings. The molecule has 3 nitrogen and oxygen atoms in total. The molecule has 1 aromatic heterocycles. The molecule has 0 radical (unpaired) electrons. The Morgan fingerprint density at radius 1 is 0.564 bits per heavy atom. The number of para-hydroxylation sites is 2.